The lowest BCUT2D eigenvalue weighted by Crippen LogP contribution is -2.68. The average Bonchev–Trinajstić information content (AvgIpc) is 2.94. The van der Waals surface area contributed by atoms with Crippen molar-refractivity contribution in [1.29, 1.82) is 0 Å². The minimum atomic E-state index is -0.381. The van der Waals surface area contributed by atoms with Gasteiger partial charge in [-0.2, -0.15) is 0 Å². The first-order valence-corrected chi connectivity index (χ1v) is 8.76. The van der Waals surface area contributed by atoms with Crippen LogP contribution >= 0.6 is 15.9 Å². The summed E-state index contributed by atoms with van der Waals surface area (Å²) in [5, 5.41) is 3.03. The zero-order chi connectivity index (χ0) is 17.0. The molecular formula is C18H22BrNO3. The molecular weight excluding hydrogens is 358 g/mol. The molecule has 1 amide bonds. The molecule has 4 rings (SSSR count). The van der Waals surface area contributed by atoms with E-state index in [9.17, 15) is 9.59 Å². The number of anilines is 1. The van der Waals surface area contributed by atoms with Crippen LogP contribution in [0.1, 0.15) is 44.0 Å². The van der Waals surface area contributed by atoms with Gasteiger partial charge in [0.15, 0.2) is 0 Å². The van der Waals surface area contributed by atoms with E-state index >= 15 is 0 Å². The molecule has 2 bridgehead atoms. The predicted molar refractivity (Wildman–Crippen MR) is 92.7 cm³/mol. The molecule has 1 aromatic rings. The third-order valence-electron chi connectivity index (χ3n) is 6.54. The second kappa shape index (κ2) is 5.07. The molecule has 0 spiro atoms. The van der Waals surface area contributed by atoms with Crippen LogP contribution in [0.25, 0.3) is 0 Å². The molecule has 1 N–H and O–H groups in total. The smallest absolute Gasteiger partial charge is 0.337 e. The van der Waals surface area contributed by atoms with E-state index in [1.807, 2.05) is 0 Å². The molecule has 3 saturated carbocycles. The molecule has 3 aliphatic rings. The molecule has 1 aromatic carbocycles. The van der Waals surface area contributed by atoms with Gasteiger partial charge in [-0.3, -0.25) is 4.79 Å². The Labute approximate surface area is 145 Å². The number of carbonyl (C=O) groups is 2. The normalized spacial score (nSPS) is 33.7. The van der Waals surface area contributed by atoms with E-state index < -0.39 is 0 Å². The molecule has 0 aromatic heterocycles. The Kier molecular flexibility index (Phi) is 3.63. The summed E-state index contributed by atoms with van der Waals surface area (Å²) in [7, 11) is 1.35. The van der Waals surface area contributed by atoms with Crippen LogP contribution in [0.4, 0.5) is 5.69 Å². The van der Waals surface area contributed by atoms with E-state index in [4.69, 9.17) is 0 Å². The van der Waals surface area contributed by atoms with E-state index in [0.717, 1.165) is 12.8 Å². The van der Waals surface area contributed by atoms with Crippen LogP contribution in [0.5, 0.6) is 0 Å². The molecule has 4 nitrogen and oxygen atoms in total. The number of hydrogen-bond donors (Lipinski definition) is 1. The van der Waals surface area contributed by atoms with Gasteiger partial charge in [-0.1, -0.05) is 36.7 Å². The third kappa shape index (κ3) is 1.89. The number of nitrogens with one attached hydrogen (secondary N) is 1. The van der Waals surface area contributed by atoms with E-state index in [1.165, 1.54) is 7.11 Å². The predicted octanol–water partition coefficient (Wildman–Crippen LogP) is 4.00. The number of fused-ring (bicyclic) bond motifs is 1. The number of esters is 1. The molecule has 3 fully saturated rings. The lowest BCUT2D eigenvalue weighted by Gasteiger charge is -2.64. The summed E-state index contributed by atoms with van der Waals surface area (Å²) in [6.07, 6.45) is 1.96. The first kappa shape index (κ1) is 16.5. The van der Waals surface area contributed by atoms with Crippen molar-refractivity contribution in [1.82, 2.24) is 0 Å². The Morgan fingerprint density at radius 1 is 1.17 bits per heavy atom. The van der Waals surface area contributed by atoms with Gasteiger partial charge in [-0.15, -0.1) is 0 Å². The quantitative estimate of drug-likeness (QED) is 0.637. The summed E-state index contributed by atoms with van der Waals surface area (Å²) in [4.78, 5) is 24.6. The Morgan fingerprint density at radius 3 is 2.22 bits per heavy atom. The molecule has 0 heterocycles. The largest absolute Gasteiger partial charge is 0.465 e. The maximum Gasteiger partial charge on any atom is 0.337 e. The second-order valence-corrected chi connectivity index (χ2v) is 8.32. The standard InChI is InChI=1S/C18H22BrNO3/c1-16(2)17(3)9-10-18(16,14(17)19)15(22)20-12-7-5-11(6-8-12)13(21)23-4/h5-8,14H,9-10H2,1-4H3,(H,20,22)/t14-,17-,18-/m1/s1. The van der Waals surface area contributed by atoms with E-state index in [-0.39, 0.29) is 32.9 Å². The van der Waals surface area contributed by atoms with Crippen LogP contribution in [0.15, 0.2) is 24.3 Å². The Bertz CT molecular complexity index is 669. The Hall–Kier alpha value is -1.36. The fourth-order valence-corrected chi connectivity index (χ4v) is 6.32. The first-order valence-electron chi connectivity index (χ1n) is 7.84. The van der Waals surface area contributed by atoms with E-state index in [0.29, 0.717) is 11.3 Å². The lowest BCUT2D eigenvalue weighted by atomic mass is 9.43. The number of halogens is 1. The summed E-state index contributed by atoms with van der Waals surface area (Å²) in [6.45, 7) is 6.64. The maximum atomic E-state index is 13.0. The highest BCUT2D eigenvalue weighted by molar-refractivity contribution is 9.09. The number of ether oxygens (including phenoxy) is 1. The van der Waals surface area contributed by atoms with E-state index in [2.05, 4.69) is 46.8 Å². The summed E-state index contributed by atoms with van der Waals surface area (Å²) in [6, 6.07) is 6.80. The van der Waals surface area contributed by atoms with Gasteiger partial charge in [0.05, 0.1) is 18.1 Å². The molecule has 5 heteroatoms. The lowest BCUT2D eigenvalue weighted by molar-refractivity contribution is -0.155. The van der Waals surface area contributed by atoms with Gasteiger partial charge in [-0.05, 0) is 47.9 Å². The van der Waals surface area contributed by atoms with Gasteiger partial charge in [0, 0.05) is 10.5 Å². The number of methoxy groups -OCH3 is 1. The average molecular weight is 380 g/mol. The minimum absolute atomic E-state index is 0.0375. The van der Waals surface area contributed by atoms with Crippen molar-refractivity contribution in [2.45, 2.75) is 38.4 Å². The summed E-state index contributed by atoms with van der Waals surface area (Å²) < 4.78 is 4.68. The number of benzene rings is 1. The fraction of sp³-hybridized carbons (Fsp3) is 0.556. The van der Waals surface area contributed by atoms with Gasteiger partial charge in [0.25, 0.3) is 0 Å². The van der Waals surface area contributed by atoms with Crippen molar-refractivity contribution in [2.24, 2.45) is 16.2 Å². The molecule has 124 valence electrons. The van der Waals surface area contributed by atoms with Crippen LogP contribution < -0.4 is 5.32 Å². The number of rotatable bonds is 3. The number of carbonyl (C=O) groups excluding carboxylic acids is 2. The molecule has 3 aliphatic carbocycles. The maximum absolute atomic E-state index is 13.0. The highest BCUT2D eigenvalue weighted by atomic mass is 79.9. The number of alkyl halides is 1. The SMILES string of the molecule is COC(=O)c1ccc(NC(=O)[C@@]23CC[C@](C)([C@H]2Br)C3(C)C)cc1. The zero-order valence-corrected chi connectivity index (χ0v) is 15.5. The highest BCUT2D eigenvalue weighted by Crippen LogP contribution is 2.79. The van der Waals surface area contributed by atoms with Crippen molar-refractivity contribution in [3.05, 3.63) is 29.8 Å². The monoisotopic (exact) mass is 379 g/mol. The van der Waals surface area contributed by atoms with Crippen molar-refractivity contribution in [3.63, 3.8) is 0 Å². The second-order valence-electron chi connectivity index (χ2n) is 7.40. The van der Waals surface area contributed by atoms with Crippen molar-refractivity contribution < 1.29 is 14.3 Å². The fourth-order valence-electron chi connectivity index (χ4n) is 4.51. The van der Waals surface area contributed by atoms with Crippen molar-refractivity contribution in [3.8, 4) is 0 Å². The molecule has 0 saturated heterocycles. The van der Waals surface area contributed by atoms with Gasteiger partial charge in [0.1, 0.15) is 0 Å². The highest BCUT2D eigenvalue weighted by Gasteiger charge is 2.80. The van der Waals surface area contributed by atoms with Crippen LogP contribution in [0.3, 0.4) is 0 Å². The Balaban J connectivity index is 1.79. The van der Waals surface area contributed by atoms with Crippen molar-refractivity contribution in [2.75, 3.05) is 12.4 Å². The first-order chi connectivity index (χ1) is 10.7. The molecule has 3 atom stereocenters. The number of amides is 1. The third-order valence-corrected chi connectivity index (χ3v) is 8.33. The summed E-state index contributed by atoms with van der Waals surface area (Å²) >= 11 is 3.77. The molecule has 0 aliphatic heterocycles. The zero-order valence-electron chi connectivity index (χ0n) is 13.9. The molecule has 0 radical (unpaired) electrons. The summed E-state index contributed by atoms with van der Waals surface area (Å²) in [5.74, 6) is -0.321. The van der Waals surface area contributed by atoms with Gasteiger partial charge >= 0.3 is 5.97 Å². The molecule has 0 unspecified atom stereocenters. The van der Waals surface area contributed by atoms with Gasteiger partial charge in [-0.25, -0.2) is 4.79 Å². The van der Waals surface area contributed by atoms with E-state index in [1.54, 1.807) is 24.3 Å². The minimum Gasteiger partial charge on any atom is -0.465 e. The molecule has 23 heavy (non-hydrogen) atoms. The summed E-state index contributed by atoms with van der Waals surface area (Å²) in [5.41, 5.74) is 0.930. The number of hydrogen-bond acceptors (Lipinski definition) is 3. The Morgan fingerprint density at radius 2 is 1.78 bits per heavy atom. The van der Waals surface area contributed by atoms with Gasteiger partial charge < -0.3 is 10.1 Å². The van der Waals surface area contributed by atoms with Gasteiger partial charge in [0.2, 0.25) is 5.91 Å². The van der Waals surface area contributed by atoms with Crippen LogP contribution in [0, 0.1) is 16.2 Å². The van der Waals surface area contributed by atoms with Crippen LogP contribution in [-0.2, 0) is 9.53 Å². The topological polar surface area (TPSA) is 55.4 Å². The van der Waals surface area contributed by atoms with Crippen LogP contribution in [0.2, 0.25) is 0 Å². The van der Waals surface area contributed by atoms with Crippen molar-refractivity contribution >= 4 is 33.5 Å². The van der Waals surface area contributed by atoms with Crippen LogP contribution in [-0.4, -0.2) is 23.8 Å².